The Morgan fingerprint density at radius 1 is 1.20 bits per heavy atom. The summed E-state index contributed by atoms with van der Waals surface area (Å²) in [4.78, 5) is 26.1. The lowest BCUT2D eigenvalue weighted by molar-refractivity contribution is -0.130. The molecule has 3 fully saturated rings. The Morgan fingerprint density at radius 2 is 2.00 bits per heavy atom. The molecule has 20 heavy (non-hydrogen) atoms. The number of Topliss-reactive ketones (excluding diaryl/α,β-unsaturated/α-hetero) is 1. The number of ether oxygens (including phenoxy) is 1. The first-order valence-corrected chi connectivity index (χ1v) is 7.83. The van der Waals surface area contributed by atoms with Crippen LogP contribution in [0.3, 0.4) is 0 Å². The summed E-state index contributed by atoms with van der Waals surface area (Å²) in [7, 11) is 0. The summed E-state index contributed by atoms with van der Waals surface area (Å²) in [5, 5.41) is 0. The molecule has 0 aromatic heterocycles. The van der Waals surface area contributed by atoms with Gasteiger partial charge in [0.2, 0.25) is 5.91 Å². The highest BCUT2D eigenvalue weighted by molar-refractivity contribution is 5.89. The third kappa shape index (κ3) is 2.95. The monoisotopic (exact) mass is 277 g/mol. The SMILES string of the molecule is O=C1CCC[C@H]2CC/C(=C/C(=O)N3CCOCC3)C[C@H]12. The molecule has 0 spiro atoms. The van der Waals surface area contributed by atoms with E-state index in [1.807, 2.05) is 4.90 Å². The van der Waals surface area contributed by atoms with E-state index in [2.05, 4.69) is 0 Å². The van der Waals surface area contributed by atoms with Crippen LogP contribution in [0.1, 0.15) is 38.5 Å². The number of hydrogen-bond donors (Lipinski definition) is 0. The minimum absolute atomic E-state index is 0.102. The van der Waals surface area contributed by atoms with Gasteiger partial charge in [0.1, 0.15) is 5.78 Å². The first-order chi connectivity index (χ1) is 9.74. The van der Waals surface area contributed by atoms with E-state index in [0.717, 1.165) is 32.1 Å². The second kappa shape index (κ2) is 6.08. The highest BCUT2D eigenvalue weighted by atomic mass is 16.5. The number of carbonyl (C=O) groups is 2. The van der Waals surface area contributed by atoms with Gasteiger partial charge in [-0.05, 0) is 38.0 Å². The van der Waals surface area contributed by atoms with E-state index in [9.17, 15) is 9.59 Å². The third-order valence-electron chi connectivity index (χ3n) is 4.95. The summed E-state index contributed by atoms with van der Waals surface area (Å²) >= 11 is 0. The van der Waals surface area contributed by atoms with Gasteiger partial charge in [0.05, 0.1) is 13.2 Å². The molecule has 1 saturated heterocycles. The smallest absolute Gasteiger partial charge is 0.246 e. The topological polar surface area (TPSA) is 46.6 Å². The predicted octanol–water partition coefficient (Wildman–Crippen LogP) is 1.94. The van der Waals surface area contributed by atoms with Crippen molar-refractivity contribution in [1.82, 2.24) is 4.90 Å². The van der Waals surface area contributed by atoms with E-state index in [0.29, 0.717) is 38.0 Å². The summed E-state index contributed by atoms with van der Waals surface area (Å²) in [5.41, 5.74) is 1.18. The van der Waals surface area contributed by atoms with Gasteiger partial charge in [-0.25, -0.2) is 0 Å². The molecular formula is C16H23NO3. The van der Waals surface area contributed by atoms with Crippen molar-refractivity contribution in [2.24, 2.45) is 11.8 Å². The Kier molecular flexibility index (Phi) is 4.20. The maximum atomic E-state index is 12.2. The average molecular weight is 277 g/mol. The van der Waals surface area contributed by atoms with Crippen molar-refractivity contribution in [1.29, 1.82) is 0 Å². The highest BCUT2D eigenvalue weighted by Gasteiger charge is 2.35. The maximum Gasteiger partial charge on any atom is 0.246 e. The van der Waals surface area contributed by atoms with Crippen LogP contribution in [0, 0.1) is 11.8 Å². The molecular weight excluding hydrogens is 254 g/mol. The average Bonchev–Trinajstić information content (AvgIpc) is 2.49. The third-order valence-corrected chi connectivity index (χ3v) is 4.95. The first-order valence-electron chi connectivity index (χ1n) is 7.83. The quantitative estimate of drug-likeness (QED) is 0.688. The molecule has 1 amide bonds. The van der Waals surface area contributed by atoms with Gasteiger partial charge in [0.25, 0.3) is 0 Å². The highest BCUT2D eigenvalue weighted by Crippen LogP contribution is 2.40. The summed E-state index contributed by atoms with van der Waals surface area (Å²) in [6, 6.07) is 0. The predicted molar refractivity (Wildman–Crippen MR) is 75.2 cm³/mol. The van der Waals surface area contributed by atoms with Crippen molar-refractivity contribution >= 4 is 11.7 Å². The zero-order chi connectivity index (χ0) is 13.9. The Balaban J connectivity index is 1.63. The molecule has 0 radical (unpaired) electrons. The lowest BCUT2D eigenvalue weighted by Gasteiger charge is -2.35. The normalized spacial score (nSPS) is 33.1. The van der Waals surface area contributed by atoms with E-state index in [-0.39, 0.29) is 11.8 Å². The van der Waals surface area contributed by atoms with Crippen LogP contribution in [-0.4, -0.2) is 42.9 Å². The zero-order valence-corrected chi connectivity index (χ0v) is 12.0. The largest absolute Gasteiger partial charge is 0.378 e. The van der Waals surface area contributed by atoms with Crippen LogP contribution in [0.2, 0.25) is 0 Å². The summed E-state index contributed by atoms with van der Waals surface area (Å²) < 4.78 is 5.27. The van der Waals surface area contributed by atoms with Crippen molar-refractivity contribution in [3.8, 4) is 0 Å². The molecule has 4 nitrogen and oxygen atoms in total. The van der Waals surface area contributed by atoms with Crippen LogP contribution >= 0.6 is 0 Å². The van der Waals surface area contributed by atoms with E-state index in [1.54, 1.807) is 6.08 Å². The van der Waals surface area contributed by atoms with Gasteiger partial charge in [-0.15, -0.1) is 0 Å². The van der Waals surface area contributed by atoms with E-state index >= 15 is 0 Å². The van der Waals surface area contributed by atoms with E-state index < -0.39 is 0 Å². The lowest BCUT2D eigenvalue weighted by Crippen LogP contribution is -2.40. The Labute approximate surface area is 120 Å². The van der Waals surface area contributed by atoms with Crippen molar-refractivity contribution in [2.75, 3.05) is 26.3 Å². The van der Waals surface area contributed by atoms with Crippen molar-refractivity contribution < 1.29 is 14.3 Å². The van der Waals surface area contributed by atoms with Gasteiger partial charge in [0.15, 0.2) is 0 Å². The van der Waals surface area contributed by atoms with Gasteiger partial charge >= 0.3 is 0 Å². The standard InChI is InChI=1S/C16H23NO3/c18-15-3-1-2-13-5-4-12(10-14(13)15)11-16(19)17-6-8-20-9-7-17/h11,13-14H,1-10H2/b12-11-/t13-,14-/m0/s1. The summed E-state index contributed by atoms with van der Waals surface area (Å²) in [6.45, 7) is 2.65. The molecule has 4 heteroatoms. The minimum Gasteiger partial charge on any atom is -0.378 e. The second-order valence-electron chi connectivity index (χ2n) is 6.21. The van der Waals surface area contributed by atoms with Crippen LogP contribution in [0.25, 0.3) is 0 Å². The Morgan fingerprint density at radius 3 is 2.80 bits per heavy atom. The van der Waals surface area contributed by atoms with Gasteiger partial charge in [-0.2, -0.15) is 0 Å². The first kappa shape index (κ1) is 13.8. The number of fused-ring (bicyclic) bond motifs is 1. The number of hydrogen-bond acceptors (Lipinski definition) is 3. The number of carbonyl (C=O) groups excluding carboxylic acids is 2. The number of allylic oxidation sites excluding steroid dienone is 1. The van der Waals surface area contributed by atoms with Crippen molar-refractivity contribution in [3.05, 3.63) is 11.6 Å². The molecule has 1 heterocycles. The minimum atomic E-state index is 0.102. The molecule has 0 bridgehead atoms. The van der Waals surface area contributed by atoms with Crippen molar-refractivity contribution in [3.63, 3.8) is 0 Å². The number of rotatable bonds is 1. The van der Waals surface area contributed by atoms with Crippen LogP contribution in [0.5, 0.6) is 0 Å². The van der Waals surface area contributed by atoms with Crippen LogP contribution < -0.4 is 0 Å². The lowest BCUT2D eigenvalue weighted by atomic mass is 9.69. The molecule has 3 rings (SSSR count). The van der Waals surface area contributed by atoms with Crippen molar-refractivity contribution in [2.45, 2.75) is 38.5 Å². The molecule has 2 aliphatic carbocycles. The van der Waals surface area contributed by atoms with Gasteiger partial charge in [0, 0.05) is 31.5 Å². The molecule has 0 unspecified atom stereocenters. The van der Waals surface area contributed by atoms with E-state index in [1.165, 1.54) is 12.0 Å². The second-order valence-corrected chi connectivity index (χ2v) is 6.21. The molecule has 0 N–H and O–H groups in total. The molecule has 0 aromatic rings. The molecule has 110 valence electrons. The number of nitrogens with zero attached hydrogens (tertiary/aromatic N) is 1. The van der Waals surface area contributed by atoms with Crippen LogP contribution in [0.15, 0.2) is 11.6 Å². The molecule has 0 aromatic carbocycles. The number of ketones is 1. The van der Waals surface area contributed by atoms with E-state index in [4.69, 9.17) is 4.74 Å². The number of morpholine rings is 1. The Hall–Kier alpha value is -1.16. The summed E-state index contributed by atoms with van der Waals surface area (Å²) in [5.74, 6) is 1.30. The maximum absolute atomic E-state index is 12.2. The molecule has 2 saturated carbocycles. The summed E-state index contributed by atoms with van der Waals surface area (Å²) in [6.07, 6.45) is 7.69. The molecule has 2 atom stereocenters. The number of amides is 1. The van der Waals surface area contributed by atoms with Crippen LogP contribution in [-0.2, 0) is 14.3 Å². The Bertz CT molecular complexity index is 423. The fourth-order valence-electron chi connectivity index (χ4n) is 3.75. The van der Waals surface area contributed by atoms with Crippen LogP contribution in [0.4, 0.5) is 0 Å². The molecule has 1 aliphatic heterocycles. The van der Waals surface area contributed by atoms with Gasteiger partial charge in [-0.3, -0.25) is 9.59 Å². The fourth-order valence-corrected chi connectivity index (χ4v) is 3.75. The van der Waals surface area contributed by atoms with Gasteiger partial charge < -0.3 is 9.64 Å². The van der Waals surface area contributed by atoms with Gasteiger partial charge in [-0.1, -0.05) is 5.57 Å². The zero-order valence-electron chi connectivity index (χ0n) is 12.0. The fraction of sp³-hybridized carbons (Fsp3) is 0.750. The molecule has 3 aliphatic rings.